The van der Waals surface area contributed by atoms with Gasteiger partial charge in [-0.25, -0.2) is 0 Å². The number of halogens is 3. The van der Waals surface area contributed by atoms with E-state index in [2.05, 4.69) is 0 Å². The van der Waals surface area contributed by atoms with Crippen molar-refractivity contribution in [2.45, 2.75) is 31.9 Å². The summed E-state index contributed by atoms with van der Waals surface area (Å²) in [6.45, 7) is 0. The lowest BCUT2D eigenvalue weighted by Crippen LogP contribution is -2.31. The molecule has 4 heteroatoms. The Morgan fingerprint density at radius 3 is 2.39 bits per heavy atom. The lowest BCUT2D eigenvalue weighted by molar-refractivity contribution is -0.184. The number of hydrogen-bond donors (Lipinski definition) is 0. The van der Waals surface area contributed by atoms with Gasteiger partial charge in [-0.15, -0.1) is 0 Å². The van der Waals surface area contributed by atoms with Gasteiger partial charge >= 0.3 is 6.18 Å². The summed E-state index contributed by atoms with van der Waals surface area (Å²) in [5.41, 5.74) is 0.519. The number of alkyl halides is 3. The van der Waals surface area contributed by atoms with E-state index >= 15 is 0 Å². The van der Waals surface area contributed by atoms with Crippen molar-refractivity contribution in [3.63, 3.8) is 0 Å². The van der Waals surface area contributed by atoms with E-state index in [1.807, 2.05) is 0 Å². The summed E-state index contributed by atoms with van der Waals surface area (Å²) in [7, 11) is 0. The quantitative estimate of drug-likeness (QED) is 0.723. The third-order valence-electron chi connectivity index (χ3n) is 3.57. The minimum absolute atomic E-state index is 0.0583. The van der Waals surface area contributed by atoms with Gasteiger partial charge in [0.2, 0.25) is 0 Å². The number of ketones is 1. The molecule has 0 amide bonds. The van der Waals surface area contributed by atoms with Gasteiger partial charge in [0.15, 0.2) is 5.78 Å². The topological polar surface area (TPSA) is 17.1 Å². The van der Waals surface area contributed by atoms with Crippen LogP contribution >= 0.6 is 0 Å². The number of carbonyl (C=O) groups excluding carboxylic acids is 1. The molecule has 1 saturated carbocycles. The van der Waals surface area contributed by atoms with E-state index in [1.165, 1.54) is 0 Å². The van der Waals surface area contributed by atoms with Crippen LogP contribution in [0.5, 0.6) is 0 Å². The normalized spacial score (nSPS) is 24.8. The summed E-state index contributed by atoms with van der Waals surface area (Å²) in [5.74, 6) is -1.94. The molecule has 2 atom stereocenters. The summed E-state index contributed by atoms with van der Waals surface area (Å²) in [4.78, 5) is 12.1. The molecule has 0 saturated heterocycles. The molecule has 1 aromatic rings. The van der Waals surface area contributed by atoms with E-state index in [4.69, 9.17) is 0 Å². The van der Waals surface area contributed by atoms with Crippen LogP contribution in [0.15, 0.2) is 30.3 Å². The van der Waals surface area contributed by atoms with Crippen LogP contribution in [0.1, 0.15) is 36.0 Å². The second-order valence-corrected chi connectivity index (χ2v) is 4.83. The molecule has 18 heavy (non-hydrogen) atoms. The van der Waals surface area contributed by atoms with Gasteiger partial charge in [0, 0.05) is 11.5 Å². The first-order valence-corrected chi connectivity index (χ1v) is 6.14. The second kappa shape index (κ2) is 5.12. The molecule has 0 radical (unpaired) electrons. The predicted molar refractivity (Wildman–Crippen MR) is 62.3 cm³/mol. The molecular formula is C14H15F3O. The van der Waals surface area contributed by atoms with Gasteiger partial charge in [-0.05, 0) is 19.3 Å². The van der Waals surface area contributed by atoms with E-state index in [1.54, 1.807) is 30.3 Å². The first-order chi connectivity index (χ1) is 8.48. The SMILES string of the molecule is O=C(c1ccccc1)C1CCCC(C(F)(F)F)C1. The van der Waals surface area contributed by atoms with Gasteiger partial charge < -0.3 is 0 Å². The standard InChI is InChI=1S/C14H15F3O/c15-14(16,17)12-8-4-7-11(9-12)13(18)10-5-2-1-3-6-10/h1-3,5-6,11-12H,4,7-9H2. The second-order valence-electron chi connectivity index (χ2n) is 4.83. The lowest BCUT2D eigenvalue weighted by atomic mass is 9.77. The smallest absolute Gasteiger partial charge is 0.294 e. The maximum Gasteiger partial charge on any atom is 0.391 e. The lowest BCUT2D eigenvalue weighted by Gasteiger charge is -2.29. The molecule has 0 bridgehead atoms. The van der Waals surface area contributed by atoms with Gasteiger partial charge in [0.25, 0.3) is 0 Å². The van der Waals surface area contributed by atoms with Crippen LogP contribution in [0.2, 0.25) is 0 Å². The Labute approximate surface area is 104 Å². The van der Waals surface area contributed by atoms with Crippen LogP contribution in [0.3, 0.4) is 0 Å². The minimum Gasteiger partial charge on any atom is -0.294 e. The van der Waals surface area contributed by atoms with E-state index in [-0.39, 0.29) is 18.6 Å². The maximum atomic E-state index is 12.7. The molecule has 2 unspecified atom stereocenters. The molecule has 1 nitrogen and oxygen atoms in total. The van der Waals surface area contributed by atoms with Crippen molar-refractivity contribution in [2.75, 3.05) is 0 Å². The van der Waals surface area contributed by atoms with Crippen molar-refractivity contribution < 1.29 is 18.0 Å². The van der Waals surface area contributed by atoms with Crippen molar-refractivity contribution in [3.8, 4) is 0 Å². The van der Waals surface area contributed by atoms with Crippen LogP contribution in [0.25, 0.3) is 0 Å². The number of benzene rings is 1. The summed E-state index contributed by atoms with van der Waals surface area (Å²) in [6.07, 6.45) is -3.03. The Morgan fingerprint density at radius 2 is 1.78 bits per heavy atom. The largest absolute Gasteiger partial charge is 0.391 e. The molecule has 0 spiro atoms. The number of carbonyl (C=O) groups is 1. The van der Waals surface area contributed by atoms with Crippen LogP contribution in [-0.4, -0.2) is 12.0 Å². The van der Waals surface area contributed by atoms with E-state index < -0.39 is 18.0 Å². The Balaban J connectivity index is 2.08. The molecule has 1 aliphatic rings. The highest BCUT2D eigenvalue weighted by molar-refractivity contribution is 5.97. The predicted octanol–water partition coefficient (Wildman–Crippen LogP) is 4.24. The van der Waals surface area contributed by atoms with Gasteiger partial charge in [-0.3, -0.25) is 4.79 Å². The highest BCUT2D eigenvalue weighted by atomic mass is 19.4. The summed E-state index contributed by atoms with van der Waals surface area (Å²) < 4.78 is 38.0. The molecule has 0 aromatic heterocycles. The zero-order valence-corrected chi connectivity index (χ0v) is 9.91. The first-order valence-electron chi connectivity index (χ1n) is 6.14. The Kier molecular flexibility index (Phi) is 3.73. The van der Waals surface area contributed by atoms with Crippen molar-refractivity contribution >= 4 is 5.78 Å². The zero-order chi connectivity index (χ0) is 13.2. The molecule has 98 valence electrons. The van der Waals surface area contributed by atoms with E-state index in [9.17, 15) is 18.0 Å². The third-order valence-corrected chi connectivity index (χ3v) is 3.57. The molecule has 0 aliphatic heterocycles. The molecule has 0 heterocycles. The van der Waals surface area contributed by atoms with E-state index in [0.717, 1.165) is 0 Å². The van der Waals surface area contributed by atoms with Crippen molar-refractivity contribution in [2.24, 2.45) is 11.8 Å². The highest BCUT2D eigenvalue weighted by Crippen LogP contribution is 2.40. The highest BCUT2D eigenvalue weighted by Gasteiger charge is 2.43. The summed E-state index contributed by atoms with van der Waals surface area (Å²) in [6, 6.07) is 8.59. The molecule has 2 rings (SSSR count). The fourth-order valence-corrected chi connectivity index (χ4v) is 2.56. The Hall–Kier alpha value is -1.32. The van der Waals surface area contributed by atoms with Crippen LogP contribution < -0.4 is 0 Å². The van der Waals surface area contributed by atoms with Crippen LogP contribution in [0.4, 0.5) is 13.2 Å². The Morgan fingerprint density at radius 1 is 1.11 bits per heavy atom. The Bertz CT molecular complexity index is 411. The maximum absolute atomic E-state index is 12.7. The number of rotatable bonds is 2. The molecule has 1 aliphatic carbocycles. The van der Waals surface area contributed by atoms with Gasteiger partial charge in [0.1, 0.15) is 0 Å². The molecular weight excluding hydrogens is 241 g/mol. The molecule has 1 fully saturated rings. The van der Waals surface area contributed by atoms with Crippen molar-refractivity contribution in [1.29, 1.82) is 0 Å². The minimum atomic E-state index is -4.17. The first kappa shape index (κ1) is 13.1. The number of Topliss-reactive ketones (excluding diaryl/α,β-unsaturated/α-hetero) is 1. The van der Waals surface area contributed by atoms with Crippen LogP contribution in [-0.2, 0) is 0 Å². The molecule has 1 aromatic carbocycles. The third kappa shape index (κ3) is 2.92. The summed E-state index contributed by atoms with van der Waals surface area (Å²) in [5, 5.41) is 0. The van der Waals surface area contributed by atoms with Crippen molar-refractivity contribution in [3.05, 3.63) is 35.9 Å². The zero-order valence-electron chi connectivity index (χ0n) is 9.91. The van der Waals surface area contributed by atoms with Crippen LogP contribution in [0, 0.1) is 11.8 Å². The number of hydrogen-bond acceptors (Lipinski definition) is 1. The summed E-state index contributed by atoms with van der Waals surface area (Å²) >= 11 is 0. The van der Waals surface area contributed by atoms with Gasteiger partial charge in [-0.1, -0.05) is 36.8 Å². The van der Waals surface area contributed by atoms with Crippen molar-refractivity contribution in [1.82, 2.24) is 0 Å². The molecule has 0 N–H and O–H groups in total. The fraction of sp³-hybridized carbons (Fsp3) is 0.500. The van der Waals surface area contributed by atoms with Gasteiger partial charge in [-0.2, -0.15) is 13.2 Å². The van der Waals surface area contributed by atoms with Gasteiger partial charge in [0.05, 0.1) is 5.92 Å². The van der Waals surface area contributed by atoms with E-state index in [0.29, 0.717) is 18.4 Å². The average Bonchev–Trinajstić information content (AvgIpc) is 2.38. The monoisotopic (exact) mass is 256 g/mol. The fourth-order valence-electron chi connectivity index (χ4n) is 2.56. The average molecular weight is 256 g/mol.